The van der Waals surface area contributed by atoms with E-state index in [0.717, 1.165) is 23.7 Å². The molecule has 3 atom stereocenters. The highest BCUT2D eigenvalue weighted by atomic mass is 16.5. The van der Waals surface area contributed by atoms with Gasteiger partial charge in [0.2, 0.25) is 6.41 Å². The number of aliphatic carboxylic acids is 1. The first-order valence-electron chi connectivity index (χ1n) is 9.14. The number of carbonyl (C=O) groups excluding carboxylic acids is 1. The lowest BCUT2D eigenvalue weighted by atomic mass is 10.00. The van der Waals surface area contributed by atoms with Gasteiger partial charge in [-0.05, 0) is 43.4 Å². The molecule has 0 saturated heterocycles. The molecule has 0 aliphatic carbocycles. The maximum absolute atomic E-state index is 11.0. The maximum Gasteiger partial charge on any atom is 0.326 e. The predicted octanol–water partition coefficient (Wildman–Crippen LogP) is 3.80. The Labute approximate surface area is 150 Å². The number of rotatable bonds is 13. The molecular weight excluding hydrogens is 318 g/mol. The number of benzene rings is 1. The summed E-state index contributed by atoms with van der Waals surface area (Å²) in [6, 6.07) is 6.48. The Morgan fingerprint density at radius 2 is 1.84 bits per heavy atom. The summed E-state index contributed by atoms with van der Waals surface area (Å²) in [6.07, 6.45) is 6.78. The molecule has 0 fully saturated rings. The molecule has 0 spiro atoms. The fourth-order valence-electron chi connectivity index (χ4n) is 2.66. The predicted molar refractivity (Wildman–Crippen MR) is 98.8 cm³/mol. The molecular formula is C20H31NO4. The molecule has 1 aromatic rings. The van der Waals surface area contributed by atoms with Crippen LogP contribution < -0.4 is 10.1 Å². The third kappa shape index (κ3) is 8.57. The van der Waals surface area contributed by atoms with Gasteiger partial charge in [0.15, 0.2) is 0 Å². The van der Waals surface area contributed by atoms with Gasteiger partial charge in [-0.15, -0.1) is 0 Å². The first kappa shape index (κ1) is 21.0. The summed E-state index contributed by atoms with van der Waals surface area (Å²) in [4.78, 5) is 21.5. The van der Waals surface area contributed by atoms with Crippen molar-refractivity contribution < 1.29 is 19.4 Å². The molecule has 0 heterocycles. The molecule has 0 saturated carbocycles. The van der Waals surface area contributed by atoms with Gasteiger partial charge in [0.1, 0.15) is 11.8 Å². The van der Waals surface area contributed by atoms with Gasteiger partial charge in [0.25, 0.3) is 0 Å². The molecule has 0 aliphatic rings. The van der Waals surface area contributed by atoms with E-state index in [0.29, 0.717) is 6.41 Å². The Balaban J connectivity index is 2.40. The highest BCUT2D eigenvalue weighted by molar-refractivity contribution is 5.76. The van der Waals surface area contributed by atoms with Crippen LogP contribution in [0.1, 0.15) is 58.4 Å². The number of hydrogen-bond acceptors (Lipinski definition) is 3. The van der Waals surface area contributed by atoms with E-state index in [9.17, 15) is 9.59 Å². The number of nitrogens with one attached hydrogen (secondary N) is 1. The first-order valence-corrected chi connectivity index (χ1v) is 9.14. The van der Waals surface area contributed by atoms with Crippen molar-refractivity contribution >= 4 is 12.4 Å². The number of hydrogen-bond donors (Lipinski definition) is 2. The van der Waals surface area contributed by atoms with Gasteiger partial charge in [0.05, 0.1) is 6.10 Å². The zero-order valence-electron chi connectivity index (χ0n) is 15.5. The molecule has 1 rings (SSSR count). The third-order valence-corrected chi connectivity index (χ3v) is 4.52. The van der Waals surface area contributed by atoms with Crippen molar-refractivity contribution in [1.29, 1.82) is 0 Å². The van der Waals surface area contributed by atoms with Crippen LogP contribution in [0.2, 0.25) is 0 Å². The van der Waals surface area contributed by atoms with Crippen molar-refractivity contribution in [3.8, 4) is 5.75 Å². The lowest BCUT2D eigenvalue weighted by molar-refractivity contribution is -0.140. The largest absolute Gasteiger partial charge is 0.491 e. The number of carboxylic acids is 1. The van der Waals surface area contributed by atoms with Gasteiger partial charge in [-0.3, -0.25) is 4.79 Å². The van der Waals surface area contributed by atoms with Crippen LogP contribution in [-0.4, -0.2) is 29.6 Å². The van der Waals surface area contributed by atoms with E-state index in [1.807, 2.05) is 24.3 Å². The summed E-state index contributed by atoms with van der Waals surface area (Å²) >= 11 is 0. The van der Waals surface area contributed by atoms with Crippen molar-refractivity contribution in [2.24, 2.45) is 5.92 Å². The summed E-state index contributed by atoms with van der Waals surface area (Å²) in [5, 5.41) is 11.4. The summed E-state index contributed by atoms with van der Waals surface area (Å²) in [6.45, 7) is 6.60. The summed E-state index contributed by atoms with van der Waals surface area (Å²) in [5.74, 6) is 0.541. The number of carboxylic acid groups (broad SMARTS) is 1. The molecule has 0 radical (unpaired) electrons. The van der Waals surface area contributed by atoms with Crippen molar-refractivity contribution in [2.75, 3.05) is 0 Å². The Morgan fingerprint density at radius 1 is 1.20 bits per heavy atom. The molecule has 2 N–H and O–H groups in total. The van der Waals surface area contributed by atoms with Crippen LogP contribution in [-0.2, 0) is 16.0 Å². The van der Waals surface area contributed by atoms with Crippen LogP contribution in [0, 0.1) is 5.92 Å². The van der Waals surface area contributed by atoms with E-state index in [1.54, 1.807) is 0 Å². The minimum Gasteiger partial charge on any atom is -0.491 e. The van der Waals surface area contributed by atoms with E-state index < -0.39 is 12.0 Å². The van der Waals surface area contributed by atoms with Crippen molar-refractivity contribution in [3.05, 3.63) is 29.8 Å². The monoisotopic (exact) mass is 349 g/mol. The Morgan fingerprint density at radius 3 is 2.40 bits per heavy atom. The lowest BCUT2D eigenvalue weighted by Crippen LogP contribution is -2.37. The second-order valence-corrected chi connectivity index (χ2v) is 6.75. The van der Waals surface area contributed by atoms with Crippen LogP contribution in [0.4, 0.5) is 0 Å². The molecule has 25 heavy (non-hydrogen) atoms. The molecule has 0 aromatic heterocycles. The lowest BCUT2D eigenvalue weighted by Gasteiger charge is -2.16. The Kier molecular flexibility index (Phi) is 9.66. The zero-order chi connectivity index (χ0) is 18.7. The topological polar surface area (TPSA) is 75.6 Å². The van der Waals surface area contributed by atoms with E-state index in [2.05, 4.69) is 26.1 Å². The quantitative estimate of drug-likeness (QED) is 0.419. The second kappa shape index (κ2) is 11.5. The molecule has 0 bridgehead atoms. The van der Waals surface area contributed by atoms with Gasteiger partial charge < -0.3 is 15.2 Å². The smallest absolute Gasteiger partial charge is 0.326 e. The second-order valence-electron chi connectivity index (χ2n) is 6.75. The van der Waals surface area contributed by atoms with Gasteiger partial charge in [-0.2, -0.15) is 0 Å². The van der Waals surface area contributed by atoms with Crippen molar-refractivity contribution in [3.63, 3.8) is 0 Å². The third-order valence-electron chi connectivity index (χ3n) is 4.52. The van der Waals surface area contributed by atoms with Gasteiger partial charge in [-0.25, -0.2) is 4.79 Å². The Hall–Kier alpha value is -2.04. The molecule has 140 valence electrons. The van der Waals surface area contributed by atoms with Gasteiger partial charge >= 0.3 is 5.97 Å². The fourth-order valence-corrected chi connectivity index (χ4v) is 2.66. The molecule has 1 aromatic carbocycles. The molecule has 5 nitrogen and oxygen atoms in total. The SMILES string of the molecule is CCC(C)CCCCC(C)Oc1ccc(C[C@H](NC=O)C(=O)O)cc1. The first-order chi connectivity index (χ1) is 12.0. The number of carbonyl (C=O) groups is 2. The summed E-state index contributed by atoms with van der Waals surface area (Å²) < 4.78 is 5.91. The Bertz CT molecular complexity index is 515. The van der Waals surface area contributed by atoms with Gasteiger partial charge in [-0.1, -0.05) is 45.2 Å². The average molecular weight is 349 g/mol. The molecule has 0 aliphatic heterocycles. The fraction of sp³-hybridized carbons (Fsp3) is 0.600. The van der Waals surface area contributed by atoms with Crippen LogP contribution in [0.25, 0.3) is 0 Å². The molecule has 2 unspecified atom stereocenters. The summed E-state index contributed by atoms with van der Waals surface area (Å²) in [5.41, 5.74) is 0.843. The number of unbranched alkanes of at least 4 members (excludes halogenated alkanes) is 1. The van der Waals surface area contributed by atoms with Crippen LogP contribution >= 0.6 is 0 Å². The van der Waals surface area contributed by atoms with E-state index in [1.165, 1.54) is 25.7 Å². The maximum atomic E-state index is 11.0. The highest BCUT2D eigenvalue weighted by Gasteiger charge is 2.16. The van der Waals surface area contributed by atoms with Crippen molar-refractivity contribution in [2.45, 2.75) is 71.4 Å². The molecule has 5 heteroatoms. The average Bonchev–Trinajstić information content (AvgIpc) is 2.59. The zero-order valence-corrected chi connectivity index (χ0v) is 15.5. The minimum atomic E-state index is -1.04. The number of ether oxygens (including phenoxy) is 1. The van der Waals surface area contributed by atoms with Crippen LogP contribution in [0.5, 0.6) is 5.75 Å². The number of amides is 1. The van der Waals surface area contributed by atoms with Crippen LogP contribution in [0.15, 0.2) is 24.3 Å². The molecule has 1 amide bonds. The standard InChI is InChI=1S/C20H31NO4/c1-4-15(2)7-5-6-8-16(3)25-18-11-9-17(10-12-18)13-19(20(23)24)21-14-22/h9-12,14-16,19H,4-8,13H2,1-3H3,(H,21,22)(H,23,24)/t15?,16?,19-/m0/s1. The van der Waals surface area contributed by atoms with E-state index >= 15 is 0 Å². The van der Waals surface area contributed by atoms with Crippen LogP contribution in [0.3, 0.4) is 0 Å². The minimum absolute atomic E-state index is 0.159. The normalized spacial score (nSPS) is 14.4. The summed E-state index contributed by atoms with van der Waals surface area (Å²) in [7, 11) is 0. The van der Waals surface area contributed by atoms with Gasteiger partial charge in [0, 0.05) is 6.42 Å². The highest BCUT2D eigenvalue weighted by Crippen LogP contribution is 2.18. The van der Waals surface area contributed by atoms with E-state index in [4.69, 9.17) is 9.84 Å². The van der Waals surface area contributed by atoms with Crippen molar-refractivity contribution in [1.82, 2.24) is 5.32 Å². The van der Waals surface area contributed by atoms with E-state index in [-0.39, 0.29) is 12.5 Å².